The fourth-order valence-electron chi connectivity index (χ4n) is 3.52. The van der Waals surface area contributed by atoms with E-state index in [1.54, 1.807) is 12.1 Å². The van der Waals surface area contributed by atoms with Crippen LogP contribution in [0.25, 0.3) is 0 Å². The third-order valence-corrected chi connectivity index (χ3v) is 4.77. The molecule has 2 aliphatic carbocycles. The maximum absolute atomic E-state index is 12.4. The molecule has 0 amide bonds. The van der Waals surface area contributed by atoms with Crippen LogP contribution in [0.15, 0.2) is 24.3 Å². The predicted molar refractivity (Wildman–Crippen MR) is 78.4 cm³/mol. The zero-order chi connectivity index (χ0) is 14.7. The van der Waals surface area contributed by atoms with Gasteiger partial charge in [0.05, 0.1) is 0 Å². The highest BCUT2D eigenvalue weighted by molar-refractivity contribution is 5.33. The number of hydrogen-bond donors (Lipinski definition) is 1. The van der Waals surface area contributed by atoms with Crippen LogP contribution in [0.4, 0.5) is 8.78 Å². The highest BCUT2D eigenvalue weighted by atomic mass is 19.3. The molecule has 2 atom stereocenters. The highest BCUT2D eigenvalue weighted by Crippen LogP contribution is 2.43. The van der Waals surface area contributed by atoms with Crippen LogP contribution >= 0.6 is 0 Å². The largest absolute Gasteiger partial charge is 0.434 e. The molecule has 2 nitrogen and oxygen atoms in total. The van der Waals surface area contributed by atoms with Crippen molar-refractivity contribution in [1.82, 2.24) is 5.32 Å². The van der Waals surface area contributed by atoms with Crippen molar-refractivity contribution in [2.45, 2.75) is 57.7 Å². The molecule has 1 aromatic carbocycles. The molecule has 0 spiro atoms. The average Bonchev–Trinajstić information content (AvgIpc) is 3.31. The van der Waals surface area contributed by atoms with E-state index in [-0.39, 0.29) is 5.75 Å². The van der Waals surface area contributed by atoms with Gasteiger partial charge >= 0.3 is 6.61 Å². The first-order valence-electron chi connectivity index (χ1n) is 7.98. The SMILES string of the molecule is FC(F)Oc1ccccc1CNC1CCCC(C2CC2)C1. The smallest absolute Gasteiger partial charge is 0.387 e. The predicted octanol–water partition coefficient (Wildman–Crippen LogP) is 4.35. The molecule has 0 saturated heterocycles. The molecule has 1 N–H and O–H groups in total. The molecule has 0 aliphatic heterocycles. The van der Waals surface area contributed by atoms with E-state index in [4.69, 9.17) is 0 Å². The standard InChI is InChI=1S/C17H23F2NO/c18-17(19)21-16-7-2-1-4-14(16)11-20-15-6-3-5-13(10-15)12-8-9-12/h1-2,4,7,12-13,15,17,20H,3,5-6,8-11H2. The number of benzene rings is 1. The molecular weight excluding hydrogens is 272 g/mol. The molecule has 2 unspecified atom stereocenters. The van der Waals surface area contributed by atoms with Crippen LogP contribution in [0.2, 0.25) is 0 Å². The number of alkyl halides is 2. The Labute approximate surface area is 124 Å². The van der Waals surface area contributed by atoms with Crippen molar-refractivity contribution in [3.8, 4) is 5.75 Å². The van der Waals surface area contributed by atoms with Crippen molar-refractivity contribution in [1.29, 1.82) is 0 Å². The third kappa shape index (κ3) is 4.16. The summed E-state index contributed by atoms with van der Waals surface area (Å²) < 4.78 is 29.4. The molecule has 21 heavy (non-hydrogen) atoms. The van der Waals surface area contributed by atoms with Gasteiger partial charge in [0.1, 0.15) is 5.75 Å². The van der Waals surface area contributed by atoms with E-state index in [1.807, 2.05) is 12.1 Å². The van der Waals surface area contributed by atoms with Gasteiger partial charge in [-0.3, -0.25) is 0 Å². The van der Waals surface area contributed by atoms with Crippen molar-refractivity contribution in [3.63, 3.8) is 0 Å². The van der Waals surface area contributed by atoms with E-state index < -0.39 is 6.61 Å². The molecule has 0 aromatic heterocycles. The van der Waals surface area contributed by atoms with Gasteiger partial charge in [-0.1, -0.05) is 31.0 Å². The van der Waals surface area contributed by atoms with Gasteiger partial charge in [-0.2, -0.15) is 8.78 Å². The van der Waals surface area contributed by atoms with E-state index in [1.165, 1.54) is 38.5 Å². The molecule has 0 heterocycles. The van der Waals surface area contributed by atoms with Gasteiger partial charge in [-0.25, -0.2) is 0 Å². The minimum Gasteiger partial charge on any atom is -0.434 e. The summed E-state index contributed by atoms with van der Waals surface area (Å²) in [5, 5.41) is 3.54. The van der Waals surface area contributed by atoms with Crippen molar-refractivity contribution in [3.05, 3.63) is 29.8 Å². The Bertz CT molecular complexity index is 462. The maximum Gasteiger partial charge on any atom is 0.387 e. The van der Waals surface area contributed by atoms with Crippen molar-refractivity contribution in [2.75, 3.05) is 0 Å². The van der Waals surface area contributed by atoms with E-state index in [9.17, 15) is 8.78 Å². The molecule has 2 saturated carbocycles. The summed E-state index contributed by atoms with van der Waals surface area (Å²) in [7, 11) is 0. The average molecular weight is 295 g/mol. The summed E-state index contributed by atoms with van der Waals surface area (Å²) in [4.78, 5) is 0. The van der Waals surface area contributed by atoms with Crippen molar-refractivity contribution >= 4 is 0 Å². The summed E-state index contributed by atoms with van der Waals surface area (Å²) in [5.41, 5.74) is 0.811. The van der Waals surface area contributed by atoms with Gasteiger partial charge in [0, 0.05) is 18.2 Å². The normalized spacial score (nSPS) is 26.0. The quantitative estimate of drug-likeness (QED) is 0.842. The van der Waals surface area contributed by atoms with Gasteiger partial charge in [0.2, 0.25) is 0 Å². The maximum atomic E-state index is 12.4. The summed E-state index contributed by atoms with van der Waals surface area (Å²) in [6.45, 7) is -2.16. The number of para-hydroxylation sites is 1. The Morgan fingerprint density at radius 2 is 1.90 bits per heavy atom. The van der Waals surface area contributed by atoms with Crippen LogP contribution in [-0.4, -0.2) is 12.7 Å². The van der Waals surface area contributed by atoms with Crippen molar-refractivity contribution < 1.29 is 13.5 Å². The summed E-state index contributed by atoms with van der Waals surface area (Å²) in [6, 6.07) is 7.57. The second-order valence-electron chi connectivity index (χ2n) is 6.33. The van der Waals surface area contributed by atoms with Crippen LogP contribution in [0.5, 0.6) is 5.75 Å². The monoisotopic (exact) mass is 295 g/mol. The number of ether oxygens (including phenoxy) is 1. The summed E-state index contributed by atoms with van der Waals surface area (Å²) in [5.74, 6) is 2.13. The van der Waals surface area contributed by atoms with Crippen LogP contribution < -0.4 is 10.1 Å². The minimum absolute atomic E-state index is 0.287. The first kappa shape index (κ1) is 14.8. The van der Waals surface area contributed by atoms with E-state index in [2.05, 4.69) is 10.1 Å². The lowest BCUT2D eigenvalue weighted by Gasteiger charge is -2.30. The Hall–Kier alpha value is -1.16. The first-order chi connectivity index (χ1) is 10.2. The molecule has 0 bridgehead atoms. The summed E-state index contributed by atoms with van der Waals surface area (Å²) >= 11 is 0. The van der Waals surface area contributed by atoms with Crippen LogP contribution in [0.1, 0.15) is 44.1 Å². The third-order valence-electron chi connectivity index (χ3n) is 4.77. The molecular formula is C17H23F2NO. The molecule has 3 rings (SSSR count). The second kappa shape index (κ2) is 6.73. The van der Waals surface area contributed by atoms with Gasteiger partial charge in [-0.15, -0.1) is 0 Å². The highest BCUT2D eigenvalue weighted by Gasteiger charge is 2.34. The van der Waals surface area contributed by atoms with Gasteiger partial charge in [0.25, 0.3) is 0 Å². The second-order valence-corrected chi connectivity index (χ2v) is 6.33. The number of rotatable bonds is 6. The van der Waals surface area contributed by atoms with Crippen molar-refractivity contribution in [2.24, 2.45) is 11.8 Å². The number of halogens is 2. The summed E-state index contributed by atoms with van der Waals surface area (Å²) in [6.07, 6.45) is 7.90. The molecule has 1 aromatic rings. The van der Waals surface area contributed by atoms with E-state index >= 15 is 0 Å². The topological polar surface area (TPSA) is 21.3 Å². The van der Waals surface area contributed by atoms with E-state index in [0.717, 1.165) is 17.4 Å². The lowest BCUT2D eigenvalue weighted by molar-refractivity contribution is -0.0505. The van der Waals surface area contributed by atoms with Crippen LogP contribution in [-0.2, 0) is 6.54 Å². The van der Waals surface area contributed by atoms with Gasteiger partial charge < -0.3 is 10.1 Å². The zero-order valence-electron chi connectivity index (χ0n) is 12.2. The Kier molecular flexibility index (Phi) is 4.73. The number of nitrogens with one attached hydrogen (secondary N) is 1. The molecule has 0 radical (unpaired) electrons. The first-order valence-corrected chi connectivity index (χ1v) is 7.98. The Balaban J connectivity index is 1.54. The minimum atomic E-state index is -2.76. The lowest BCUT2D eigenvalue weighted by Crippen LogP contribution is -2.34. The molecule has 4 heteroatoms. The zero-order valence-corrected chi connectivity index (χ0v) is 12.2. The van der Waals surface area contributed by atoms with E-state index in [0.29, 0.717) is 12.6 Å². The van der Waals surface area contributed by atoms with Crippen LogP contribution in [0.3, 0.4) is 0 Å². The molecule has 2 fully saturated rings. The lowest BCUT2D eigenvalue weighted by atomic mass is 9.82. The number of hydrogen-bond acceptors (Lipinski definition) is 2. The fourth-order valence-corrected chi connectivity index (χ4v) is 3.52. The van der Waals surface area contributed by atoms with Gasteiger partial charge in [0.15, 0.2) is 0 Å². The van der Waals surface area contributed by atoms with Crippen LogP contribution in [0, 0.1) is 11.8 Å². The Morgan fingerprint density at radius 1 is 1.10 bits per heavy atom. The molecule has 2 aliphatic rings. The van der Waals surface area contributed by atoms with Gasteiger partial charge in [-0.05, 0) is 43.6 Å². The molecule has 116 valence electrons. The Morgan fingerprint density at radius 3 is 2.67 bits per heavy atom. The fraction of sp³-hybridized carbons (Fsp3) is 0.647.